The third kappa shape index (κ3) is 7.03. The van der Waals surface area contributed by atoms with E-state index in [2.05, 4.69) is 50.8 Å². The number of nitrogens with zero attached hydrogens (tertiary/aromatic N) is 1. The molecule has 2 heteroatoms. The highest BCUT2D eigenvalue weighted by Crippen LogP contribution is 2.30. The zero-order chi connectivity index (χ0) is 13.8. The molecule has 0 aliphatic heterocycles. The Bertz CT molecular complexity index is 289. The Morgan fingerprint density at radius 1 is 1.22 bits per heavy atom. The van der Waals surface area contributed by atoms with Crippen molar-refractivity contribution in [1.29, 1.82) is 0 Å². The average molecular weight is 250 g/mol. The Morgan fingerprint density at radius 3 is 2.28 bits per heavy atom. The average Bonchev–Trinajstić information content (AvgIpc) is 2.98. The lowest BCUT2D eigenvalue weighted by Gasteiger charge is -2.34. The summed E-state index contributed by atoms with van der Waals surface area (Å²) in [6, 6.07) is 0. The molecule has 104 valence electrons. The molecular weight excluding hydrogens is 220 g/mol. The Labute approximate surface area is 114 Å². The van der Waals surface area contributed by atoms with Crippen LogP contribution in [0.3, 0.4) is 0 Å². The minimum atomic E-state index is 0.185. The smallest absolute Gasteiger partial charge is 0.0599 e. The molecule has 0 atom stereocenters. The fourth-order valence-corrected chi connectivity index (χ4v) is 2.15. The van der Waals surface area contributed by atoms with Crippen LogP contribution in [0.2, 0.25) is 0 Å². The lowest BCUT2D eigenvalue weighted by Crippen LogP contribution is -2.46. The summed E-state index contributed by atoms with van der Waals surface area (Å²) in [5, 5.41) is 3.60. The van der Waals surface area contributed by atoms with Gasteiger partial charge < -0.3 is 5.32 Å². The summed E-state index contributed by atoms with van der Waals surface area (Å²) in [4.78, 5) is 2.45. The molecule has 1 N–H and O–H groups in total. The van der Waals surface area contributed by atoms with E-state index in [9.17, 15) is 0 Å². The van der Waals surface area contributed by atoms with Gasteiger partial charge in [0.1, 0.15) is 0 Å². The molecule has 18 heavy (non-hydrogen) atoms. The van der Waals surface area contributed by atoms with Gasteiger partial charge in [0.25, 0.3) is 0 Å². The highest BCUT2D eigenvalue weighted by Gasteiger charge is 2.28. The highest BCUT2D eigenvalue weighted by molar-refractivity contribution is 4.92. The molecule has 0 saturated heterocycles. The molecular formula is C16H30N2. The molecule has 0 radical (unpaired) electrons. The van der Waals surface area contributed by atoms with Gasteiger partial charge in [-0.1, -0.05) is 19.8 Å². The fourth-order valence-electron chi connectivity index (χ4n) is 2.15. The second-order valence-corrected chi connectivity index (χ2v) is 7.58. The molecule has 0 bridgehead atoms. The van der Waals surface area contributed by atoms with Crippen LogP contribution in [0.25, 0.3) is 0 Å². The molecule has 1 saturated carbocycles. The highest BCUT2D eigenvalue weighted by atomic mass is 15.1. The number of rotatable bonds is 7. The zero-order valence-corrected chi connectivity index (χ0v) is 12.8. The molecule has 0 amide bonds. The van der Waals surface area contributed by atoms with Crippen LogP contribution in [0.15, 0.2) is 0 Å². The molecule has 0 heterocycles. The van der Waals surface area contributed by atoms with E-state index in [0.29, 0.717) is 0 Å². The van der Waals surface area contributed by atoms with Crippen molar-refractivity contribution in [2.24, 2.45) is 11.3 Å². The molecule has 0 aromatic carbocycles. The summed E-state index contributed by atoms with van der Waals surface area (Å²) in [5.74, 6) is 3.71. The van der Waals surface area contributed by atoms with Gasteiger partial charge in [0, 0.05) is 25.2 Å². The first-order valence-electron chi connectivity index (χ1n) is 7.13. The van der Waals surface area contributed by atoms with Crippen LogP contribution in [-0.4, -0.2) is 36.6 Å². The Morgan fingerprint density at radius 2 is 1.83 bits per heavy atom. The second kappa shape index (κ2) is 6.08. The monoisotopic (exact) mass is 250 g/mol. The lowest BCUT2D eigenvalue weighted by atomic mass is 9.91. The molecule has 0 aromatic heterocycles. The van der Waals surface area contributed by atoms with Gasteiger partial charge in [0.15, 0.2) is 0 Å². The second-order valence-electron chi connectivity index (χ2n) is 7.58. The topological polar surface area (TPSA) is 15.3 Å². The third-order valence-corrected chi connectivity index (χ3v) is 3.28. The Hall–Kier alpha value is -0.520. The van der Waals surface area contributed by atoms with E-state index in [-0.39, 0.29) is 11.0 Å². The number of hydrogen-bond acceptors (Lipinski definition) is 2. The van der Waals surface area contributed by atoms with E-state index in [1.54, 1.807) is 0 Å². The quantitative estimate of drug-likeness (QED) is 0.699. The van der Waals surface area contributed by atoms with E-state index in [1.807, 2.05) is 0 Å². The summed E-state index contributed by atoms with van der Waals surface area (Å²) < 4.78 is 0. The minimum Gasteiger partial charge on any atom is -0.311 e. The van der Waals surface area contributed by atoms with Gasteiger partial charge in [-0.15, -0.1) is 6.42 Å². The first-order chi connectivity index (χ1) is 8.22. The molecule has 1 rings (SSSR count). The van der Waals surface area contributed by atoms with Crippen LogP contribution in [0, 0.1) is 23.7 Å². The molecule has 1 aliphatic rings. The van der Waals surface area contributed by atoms with Crippen LogP contribution in [-0.2, 0) is 0 Å². The van der Waals surface area contributed by atoms with E-state index in [0.717, 1.165) is 25.6 Å². The lowest BCUT2D eigenvalue weighted by molar-refractivity contribution is 0.174. The first-order valence-corrected chi connectivity index (χ1v) is 7.13. The number of hydrogen-bond donors (Lipinski definition) is 1. The zero-order valence-electron chi connectivity index (χ0n) is 12.8. The first kappa shape index (κ1) is 15.5. The predicted octanol–water partition coefficient (Wildman–Crippen LogP) is 2.75. The van der Waals surface area contributed by atoms with Gasteiger partial charge in [0.05, 0.1) is 6.54 Å². The Balaban J connectivity index is 2.41. The van der Waals surface area contributed by atoms with Crippen LogP contribution in [0.4, 0.5) is 0 Å². The van der Waals surface area contributed by atoms with Crippen molar-refractivity contribution in [3.63, 3.8) is 0 Å². The van der Waals surface area contributed by atoms with Crippen molar-refractivity contribution in [3.05, 3.63) is 0 Å². The van der Waals surface area contributed by atoms with Crippen molar-refractivity contribution in [2.75, 3.05) is 26.2 Å². The van der Waals surface area contributed by atoms with E-state index in [1.165, 1.54) is 19.4 Å². The van der Waals surface area contributed by atoms with Gasteiger partial charge >= 0.3 is 0 Å². The summed E-state index contributed by atoms with van der Waals surface area (Å²) in [5.41, 5.74) is 0.448. The molecule has 0 unspecified atom stereocenters. The number of terminal acetylenes is 1. The van der Waals surface area contributed by atoms with Gasteiger partial charge in [-0.3, -0.25) is 4.90 Å². The largest absolute Gasteiger partial charge is 0.311 e. The molecule has 2 nitrogen and oxygen atoms in total. The summed E-state index contributed by atoms with van der Waals surface area (Å²) >= 11 is 0. The van der Waals surface area contributed by atoms with Crippen molar-refractivity contribution in [3.8, 4) is 12.3 Å². The van der Waals surface area contributed by atoms with Crippen molar-refractivity contribution in [2.45, 2.75) is 53.0 Å². The summed E-state index contributed by atoms with van der Waals surface area (Å²) in [6.07, 6.45) is 8.26. The van der Waals surface area contributed by atoms with Crippen molar-refractivity contribution in [1.82, 2.24) is 10.2 Å². The normalized spacial score (nSPS) is 16.9. The summed E-state index contributed by atoms with van der Waals surface area (Å²) in [6.45, 7) is 15.4. The van der Waals surface area contributed by atoms with E-state index < -0.39 is 0 Å². The van der Waals surface area contributed by atoms with Crippen LogP contribution in [0.5, 0.6) is 0 Å². The van der Waals surface area contributed by atoms with Gasteiger partial charge in [-0.25, -0.2) is 0 Å². The maximum Gasteiger partial charge on any atom is 0.0599 e. The van der Waals surface area contributed by atoms with Gasteiger partial charge in [-0.2, -0.15) is 0 Å². The molecule has 0 spiro atoms. The number of nitrogens with one attached hydrogen (secondary N) is 1. The predicted molar refractivity (Wildman–Crippen MR) is 79.5 cm³/mol. The Kier molecular flexibility index (Phi) is 5.25. The van der Waals surface area contributed by atoms with E-state index >= 15 is 0 Å². The fraction of sp³-hybridized carbons (Fsp3) is 0.875. The third-order valence-electron chi connectivity index (χ3n) is 3.28. The minimum absolute atomic E-state index is 0.185. The molecule has 0 aromatic rings. The van der Waals surface area contributed by atoms with Crippen LogP contribution >= 0.6 is 0 Å². The van der Waals surface area contributed by atoms with Gasteiger partial charge in [0.2, 0.25) is 0 Å². The van der Waals surface area contributed by atoms with Gasteiger partial charge in [-0.05, 0) is 44.9 Å². The summed E-state index contributed by atoms with van der Waals surface area (Å²) in [7, 11) is 0. The standard InChI is InChI=1S/C16H30N2/c1-7-10-18(11-14-8-9-14)13-16(5,6)12-17-15(2,3)4/h1,14,17H,8-13H2,2-6H3. The molecule has 1 fully saturated rings. The van der Waals surface area contributed by atoms with E-state index in [4.69, 9.17) is 6.42 Å². The maximum absolute atomic E-state index is 5.48. The SMILES string of the molecule is C#CCN(CC1CC1)CC(C)(C)CNC(C)(C)C. The van der Waals surface area contributed by atoms with Crippen molar-refractivity contribution >= 4 is 0 Å². The van der Waals surface area contributed by atoms with Crippen LogP contribution < -0.4 is 5.32 Å². The van der Waals surface area contributed by atoms with Crippen LogP contribution in [0.1, 0.15) is 47.5 Å². The molecule has 1 aliphatic carbocycles. The maximum atomic E-state index is 5.48. The van der Waals surface area contributed by atoms with Crippen molar-refractivity contribution < 1.29 is 0 Å².